The lowest BCUT2D eigenvalue weighted by atomic mass is 10.1. The molecule has 0 bridgehead atoms. The molecule has 0 spiro atoms. The monoisotopic (exact) mass is 367 g/mol. The zero-order chi connectivity index (χ0) is 19.1. The highest BCUT2D eigenvalue weighted by molar-refractivity contribution is 6.07. The lowest BCUT2D eigenvalue weighted by Crippen LogP contribution is -2.36. The molecule has 27 heavy (non-hydrogen) atoms. The zero-order valence-corrected chi connectivity index (χ0v) is 15.8. The van der Waals surface area contributed by atoms with Crippen LogP contribution in [0.5, 0.6) is 11.5 Å². The number of rotatable bonds is 7. The van der Waals surface area contributed by atoms with Gasteiger partial charge in [-0.3, -0.25) is 4.79 Å². The first-order valence-electron chi connectivity index (χ1n) is 9.18. The Morgan fingerprint density at radius 1 is 1.19 bits per heavy atom. The number of benzene rings is 2. The number of anilines is 1. The van der Waals surface area contributed by atoms with Gasteiger partial charge >= 0.3 is 0 Å². The van der Waals surface area contributed by atoms with Crippen LogP contribution in [0, 0.1) is 0 Å². The maximum Gasteiger partial charge on any atom is 0.185 e. The molecule has 1 fully saturated rings. The molecule has 0 radical (unpaired) electrons. The molecule has 1 aliphatic heterocycles. The highest BCUT2D eigenvalue weighted by Gasteiger charge is 2.13. The Morgan fingerprint density at radius 2 is 1.96 bits per heavy atom. The predicted molar refractivity (Wildman–Crippen MR) is 107 cm³/mol. The van der Waals surface area contributed by atoms with Crippen LogP contribution in [0.2, 0.25) is 0 Å². The maximum absolute atomic E-state index is 12.7. The smallest absolute Gasteiger partial charge is 0.185 e. The van der Waals surface area contributed by atoms with E-state index in [1.54, 1.807) is 19.3 Å². The van der Waals surface area contributed by atoms with Crippen LogP contribution < -0.4 is 14.4 Å². The lowest BCUT2D eigenvalue weighted by molar-refractivity contribution is 0.104. The van der Waals surface area contributed by atoms with Gasteiger partial charge in [-0.05, 0) is 37.3 Å². The number of methoxy groups -OCH3 is 1. The third-order valence-corrected chi connectivity index (χ3v) is 4.43. The zero-order valence-electron chi connectivity index (χ0n) is 15.8. The minimum atomic E-state index is -0.0472. The fourth-order valence-corrected chi connectivity index (χ4v) is 3.09. The summed E-state index contributed by atoms with van der Waals surface area (Å²) in [6.07, 6.45) is 3.34. The number of carbonyl (C=O) groups excluding carboxylic acids is 1. The lowest BCUT2D eigenvalue weighted by Gasteiger charge is -2.29. The van der Waals surface area contributed by atoms with Gasteiger partial charge in [-0.25, -0.2) is 0 Å². The number of carbonyl (C=O) groups is 1. The van der Waals surface area contributed by atoms with E-state index in [-0.39, 0.29) is 5.78 Å². The first kappa shape index (κ1) is 19.0. The molecule has 0 aliphatic carbocycles. The van der Waals surface area contributed by atoms with E-state index in [2.05, 4.69) is 4.90 Å². The van der Waals surface area contributed by atoms with E-state index in [9.17, 15) is 4.79 Å². The average molecular weight is 367 g/mol. The van der Waals surface area contributed by atoms with E-state index in [0.717, 1.165) is 24.3 Å². The van der Waals surface area contributed by atoms with E-state index in [4.69, 9.17) is 14.2 Å². The maximum atomic E-state index is 12.7. The van der Waals surface area contributed by atoms with Gasteiger partial charge in [0.1, 0.15) is 0 Å². The van der Waals surface area contributed by atoms with Crippen LogP contribution in [0.25, 0.3) is 6.08 Å². The highest BCUT2D eigenvalue weighted by atomic mass is 16.5. The number of para-hydroxylation sites is 1. The number of ether oxygens (including phenoxy) is 3. The van der Waals surface area contributed by atoms with Gasteiger partial charge in [0.2, 0.25) is 0 Å². The van der Waals surface area contributed by atoms with E-state index in [1.165, 1.54) is 0 Å². The van der Waals surface area contributed by atoms with Crippen molar-refractivity contribution in [1.82, 2.24) is 0 Å². The summed E-state index contributed by atoms with van der Waals surface area (Å²) >= 11 is 0. The highest BCUT2D eigenvalue weighted by Crippen LogP contribution is 2.32. The third-order valence-electron chi connectivity index (χ3n) is 4.43. The Balaban J connectivity index is 1.78. The van der Waals surface area contributed by atoms with Gasteiger partial charge in [0, 0.05) is 29.9 Å². The minimum Gasteiger partial charge on any atom is -0.492 e. The third kappa shape index (κ3) is 4.68. The molecule has 5 nitrogen and oxygen atoms in total. The molecule has 0 saturated carbocycles. The number of hydrogen-bond acceptors (Lipinski definition) is 5. The van der Waals surface area contributed by atoms with Crippen molar-refractivity contribution in [2.24, 2.45) is 0 Å². The molecule has 5 heteroatoms. The van der Waals surface area contributed by atoms with Crippen molar-refractivity contribution in [2.45, 2.75) is 6.92 Å². The molecule has 0 aromatic heterocycles. The van der Waals surface area contributed by atoms with Gasteiger partial charge in [0.15, 0.2) is 17.3 Å². The van der Waals surface area contributed by atoms with Crippen molar-refractivity contribution in [2.75, 3.05) is 44.9 Å². The van der Waals surface area contributed by atoms with Gasteiger partial charge in [-0.2, -0.15) is 0 Å². The molecule has 2 aromatic carbocycles. The second kappa shape index (κ2) is 9.24. The SMILES string of the molecule is CCOc1cccc(C=CC(=O)c2cccc(N3CCOCC3)c2)c1OC. The Labute approximate surface area is 160 Å². The van der Waals surface area contributed by atoms with Crippen LogP contribution >= 0.6 is 0 Å². The molecule has 0 N–H and O–H groups in total. The second-order valence-corrected chi connectivity index (χ2v) is 6.16. The summed E-state index contributed by atoms with van der Waals surface area (Å²) in [5.41, 5.74) is 2.52. The fourth-order valence-electron chi connectivity index (χ4n) is 3.09. The molecule has 0 amide bonds. The van der Waals surface area contributed by atoms with Crippen LogP contribution in [0.15, 0.2) is 48.5 Å². The van der Waals surface area contributed by atoms with Crippen LogP contribution in [0.3, 0.4) is 0 Å². The van der Waals surface area contributed by atoms with Gasteiger partial charge in [0.25, 0.3) is 0 Å². The predicted octanol–water partition coefficient (Wildman–Crippen LogP) is 3.83. The van der Waals surface area contributed by atoms with Gasteiger partial charge in [0.05, 0.1) is 26.9 Å². The van der Waals surface area contributed by atoms with Crippen LogP contribution in [0.4, 0.5) is 5.69 Å². The molecule has 1 heterocycles. The average Bonchev–Trinajstić information content (AvgIpc) is 2.73. The van der Waals surface area contributed by atoms with Crippen LogP contribution in [0.1, 0.15) is 22.8 Å². The summed E-state index contributed by atoms with van der Waals surface area (Å²) < 4.78 is 16.4. The number of ketones is 1. The number of nitrogens with zero attached hydrogens (tertiary/aromatic N) is 1. The van der Waals surface area contributed by atoms with E-state index in [1.807, 2.05) is 49.4 Å². The minimum absolute atomic E-state index is 0.0472. The van der Waals surface area contributed by atoms with Crippen molar-refractivity contribution < 1.29 is 19.0 Å². The topological polar surface area (TPSA) is 48.0 Å². The van der Waals surface area contributed by atoms with Crippen molar-refractivity contribution in [3.63, 3.8) is 0 Å². The van der Waals surface area contributed by atoms with Crippen LogP contribution in [-0.4, -0.2) is 45.8 Å². The van der Waals surface area contributed by atoms with Crippen molar-refractivity contribution in [3.05, 3.63) is 59.7 Å². The Kier molecular flexibility index (Phi) is 6.49. The standard InChI is InChI=1S/C22H25NO4/c1-3-27-21-9-5-6-17(22(21)25-2)10-11-20(24)18-7-4-8-19(16-18)23-12-14-26-15-13-23/h4-11,16H,3,12-15H2,1-2H3. The number of allylic oxidation sites excluding steroid dienone is 1. The molecule has 1 aliphatic rings. The quantitative estimate of drug-likeness (QED) is 0.550. The summed E-state index contributed by atoms with van der Waals surface area (Å²) in [7, 11) is 1.60. The molecule has 2 aromatic rings. The Hall–Kier alpha value is -2.79. The first-order chi connectivity index (χ1) is 13.2. The van der Waals surface area contributed by atoms with Gasteiger partial charge in [-0.15, -0.1) is 0 Å². The van der Waals surface area contributed by atoms with Crippen LogP contribution in [-0.2, 0) is 4.74 Å². The summed E-state index contributed by atoms with van der Waals surface area (Å²) in [4.78, 5) is 14.9. The summed E-state index contributed by atoms with van der Waals surface area (Å²) in [5, 5.41) is 0. The Morgan fingerprint density at radius 3 is 2.70 bits per heavy atom. The Bertz CT molecular complexity index is 810. The largest absolute Gasteiger partial charge is 0.492 e. The van der Waals surface area contributed by atoms with Gasteiger partial charge in [-0.1, -0.05) is 24.3 Å². The number of hydrogen-bond donors (Lipinski definition) is 0. The molecule has 0 atom stereocenters. The van der Waals surface area contributed by atoms with Crippen molar-refractivity contribution in [3.8, 4) is 11.5 Å². The molecule has 0 unspecified atom stereocenters. The summed E-state index contributed by atoms with van der Waals surface area (Å²) in [5.74, 6) is 1.25. The normalized spacial score (nSPS) is 14.4. The molecule has 1 saturated heterocycles. The number of morpholine rings is 1. The van der Waals surface area contributed by atoms with E-state index >= 15 is 0 Å². The van der Waals surface area contributed by atoms with Crippen molar-refractivity contribution in [1.29, 1.82) is 0 Å². The van der Waals surface area contributed by atoms with Gasteiger partial charge < -0.3 is 19.1 Å². The molecular weight excluding hydrogens is 342 g/mol. The van der Waals surface area contributed by atoms with Crippen molar-refractivity contribution >= 4 is 17.5 Å². The molecule has 142 valence electrons. The van der Waals surface area contributed by atoms with E-state index < -0.39 is 0 Å². The fraction of sp³-hybridized carbons (Fsp3) is 0.318. The molecular formula is C22H25NO4. The summed E-state index contributed by atoms with van der Waals surface area (Å²) in [6.45, 7) is 5.59. The summed E-state index contributed by atoms with van der Waals surface area (Å²) in [6, 6.07) is 13.4. The van der Waals surface area contributed by atoms with E-state index in [0.29, 0.717) is 36.9 Å². The first-order valence-corrected chi connectivity index (χ1v) is 9.18. The molecule has 3 rings (SSSR count). The second-order valence-electron chi connectivity index (χ2n) is 6.16.